The van der Waals surface area contributed by atoms with E-state index in [1.54, 1.807) is 6.07 Å². The van der Waals surface area contributed by atoms with Crippen LogP contribution in [0.3, 0.4) is 0 Å². The summed E-state index contributed by atoms with van der Waals surface area (Å²) in [6.45, 7) is -0.150. The molecule has 4 aromatic rings. The highest BCUT2D eigenvalue weighted by Gasteiger charge is 2.19. The topological polar surface area (TPSA) is 84.6 Å². The van der Waals surface area contributed by atoms with Crippen molar-refractivity contribution in [1.29, 1.82) is 0 Å². The average molecular weight is 410 g/mol. The zero-order valence-electron chi connectivity index (χ0n) is 15.8. The second kappa shape index (κ2) is 7.47. The van der Waals surface area contributed by atoms with Crippen LogP contribution < -0.4 is 0 Å². The van der Waals surface area contributed by atoms with E-state index in [1.807, 2.05) is 0 Å². The second-order valence-corrected chi connectivity index (χ2v) is 6.62. The largest absolute Gasteiger partial charge is 0.494 e. The van der Waals surface area contributed by atoms with Gasteiger partial charge in [-0.3, -0.25) is 4.57 Å². The van der Waals surface area contributed by atoms with Crippen LogP contribution in [-0.4, -0.2) is 32.8 Å². The number of esters is 1. The quantitative estimate of drug-likeness (QED) is 0.492. The molecular formula is C22H16F2N2O4. The van der Waals surface area contributed by atoms with Crippen LogP contribution in [0.25, 0.3) is 22.0 Å². The summed E-state index contributed by atoms with van der Waals surface area (Å²) in [4.78, 5) is 16.2. The molecule has 152 valence electrons. The van der Waals surface area contributed by atoms with Crippen LogP contribution in [0.4, 0.5) is 8.78 Å². The lowest BCUT2D eigenvalue weighted by molar-refractivity contribution is 0.0594. The standard InChI is InChI=1S/C22H16F2N2O4/c1-30-22(29)17-10-16(12-2-5-14(23)6-3-12)15-7-4-13(20(24)21(15)25-17)11-26-18(27)8-9-19(26)28/h2-10,27-28H,11H2,1H3. The SMILES string of the molecule is COC(=O)c1cc(-c2ccc(F)cc2)c2ccc(Cn3c(O)ccc3O)c(F)c2n1. The molecule has 0 radical (unpaired) electrons. The fourth-order valence-electron chi connectivity index (χ4n) is 3.28. The highest BCUT2D eigenvalue weighted by Crippen LogP contribution is 2.32. The van der Waals surface area contributed by atoms with E-state index in [0.717, 1.165) is 4.57 Å². The molecular weight excluding hydrogens is 394 g/mol. The minimum atomic E-state index is -0.745. The number of fused-ring (bicyclic) bond motifs is 1. The van der Waals surface area contributed by atoms with Crippen LogP contribution in [0.2, 0.25) is 0 Å². The molecule has 2 N–H and O–H groups in total. The van der Waals surface area contributed by atoms with Gasteiger partial charge in [-0.25, -0.2) is 18.6 Å². The minimum Gasteiger partial charge on any atom is -0.494 e. The molecule has 0 amide bonds. The monoisotopic (exact) mass is 410 g/mol. The van der Waals surface area contributed by atoms with Crippen molar-refractivity contribution in [2.45, 2.75) is 6.54 Å². The van der Waals surface area contributed by atoms with Crippen molar-refractivity contribution in [3.63, 3.8) is 0 Å². The van der Waals surface area contributed by atoms with Crippen LogP contribution in [0.1, 0.15) is 16.1 Å². The number of ether oxygens (including phenoxy) is 1. The first-order valence-electron chi connectivity index (χ1n) is 8.93. The molecule has 2 aromatic heterocycles. The number of aromatic hydroxyl groups is 2. The molecule has 0 aliphatic heterocycles. The van der Waals surface area contributed by atoms with E-state index in [9.17, 15) is 19.4 Å². The fraction of sp³-hybridized carbons (Fsp3) is 0.0909. The van der Waals surface area contributed by atoms with Crippen LogP contribution in [-0.2, 0) is 11.3 Å². The Labute approximate surface area is 169 Å². The lowest BCUT2D eigenvalue weighted by atomic mass is 9.98. The third-order valence-electron chi connectivity index (χ3n) is 4.81. The Morgan fingerprint density at radius 2 is 1.70 bits per heavy atom. The van der Waals surface area contributed by atoms with Crippen molar-refractivity contribution in [3.8, 4) is 22.9 Å². The Hall–Kier alpha value is -3.94. The van der Waals surface area contributed by atoms with Crippen molar-refractivity contribution in [3.05, 3.63) is 77.5 Å². The first-order chi connectivity index (χ1) is 14.4. The predicted molar refractivity (Wildman–Crippen MR) is 105 cm³/mol. The van der Waals surface area contributed by atoms with E-state index < -0.39 is 17.6 Å². The van der Waals surface area contributed by atoms with Crippen LogP contribution in [0, 0.1) is 11.6 Å². The molecule has 2 heterocycles. The fourth-order valence-corrected chi connectivity index (χ4v) is 3.28. The summed E-state index contributed by atoms with van der Waals surface area (Å²) in [6, 6.07) is 12.7. The van der Waals surface area contributed by atoms with Gasteiger partial charge in [0.2, 0.25) is 0 Å². The number of rotatable bonds is 4. The lowest BCUT2D eigenvalue weighted by Gasteiger charge is -2.13. The number of benzene rings is 2. The van der Waals surface area contributed by atoms with Crippen molar-refractivity contribution >= 4 is 16.9 Å². The van der Waals surface area contributed by atoms with E-state index in [1.165, 1.54) is 55.6 Å². The molecule has 0 saturated heterocycles. The maximum absolute atomic E-state index is 15.4. The van der Waals surface area contributed by atoms with Gasteiger partial charge in [0.25, 0.3) is 0 Å². The number of hydrogen-bond acceptors (Lipinski definition) is 5. The van der Waals surface area contributed by atoms with Gasteiger partial charge in [0.1, 0.15) is 17.0 Å². The van der Waals surface area contributed by atoms with Gasteiger partial charge in [0, 0.05) is 23.1 Å². The van der Waals surface area contributed by atoms with Gasteiger partial charge >= 0.3 is 5.97 Å². The maximum atomic E-state index is 15.4. The second-order valence-electron chi connectivity index (χ2n) is 6.62. The van der Waals surface area contributed by atoms with Gasteiger partial charge in [-0.05, 0) is 29.3 Å². The average Bonchev–Trinajstić information content (AvgIpc) is 3.07. The summed E-state index contributed by atoms with van der Waals surface area (Å²) in [5.41, 5.74) is 1.01. The highest BCUT2D eigenvalue weighted by atomic mass is 19.1. The third kappa shape index (κ3) is 3.32. The van der Waals surface area contributed by atoms with Crippen molar-refractivity contribution < 1.29 is 28.5 Å². The molecule has 0 atom stereocenters. The smallest absolute Gasteiger partial charge is 0.356 e. The van der Waals surface area contributed by atoms with Crippen LogP contribution in [0.5, 0.6) is 11.8 Å². The van der Waals surface area contributed by atoms with Crippen LogP contribution >= 0.6 is 0 Å². The number of pyridine rings is 1. The van der Waals surface area contributed by atoms with E-state index in [2.05, 4.69) is 4.98 Å². The van der Waals surface area contributed by atoms with Gasteiger partial charge in [-0.1, -0.05) is 24.3 Å². The summed E-state index contributed by atoms with van der Waals surface area (Å²) < 4.78 is 34.6. The number of nitrogens with zero attached hydrogens (tertiary/aromatic N) is 2. The van der Waals surface area contributed by atoms with E-state index in [-0.39, 0.29) is 35.1 Å². The number of hydrogen-bond donors (Lipinski definition) is 2. The summed E-state index contributed by atoms with van der Waals surface area (Å²) in [7, 11) is 1.19. The highest BCUT2D eigenvalue weighted by molar-refractivity contribution is 6.00. The summed E-state index contributed by atoms with van der Waals surface area (Å²) in [5, 5.41) is 20.1. The summed E-state index contributed by atoms with van der Waals surface area (Å²) in [6.07, 6.45) is 0. The summed E-state index contributed by atoms with van der Waals surface area (Å²) in [5.74, 6) is -2.34. The third-order valence-corrected chi connectivity index (χ3v) is 4.81. The van der Waals surface area contributed by atoms with Crippen molar-refractivity contribution in [2.75, 3.05) is 7.11 Å². The molecule has 0 saturated carbocycles. The molecule has 0 aliphatic carbocycles. The molecule has 2 aromatic carbocycles. The molecule has 0 bridgehead atoms. The van der Waals surface area contributed by atoms with Gasteiger partial charge in [0.15, 0.2) is 17.6 Å². The Balaban J connectivity index is 1.93. The lowest BCUT2D eigenvalue weighted by Crippen LogP contribution is -2.07. The molecule has 0 unspecified atom stereocenters. The first kappa shape index (κ1) is 19.4. The molecule has 4 rings (SSSR count). The van der Waals surface area contributed by atoms with Gasteiger partial charge < -0.3 is 14.9 Å². The van der Waals surface area contributed by atoms with Crippen molar-refractivity contribution in [1.82, 2.24) is 9.55 Å². The summed E-state index contributed by atoms with van der Waals surface area (Å²) >= 11 is 0. The number of aromatic nitrogens is 2. The van der Waals surface area contributed by atoms with Gasteiger partial charge in [0.05, 0.1) is 13.7 Å². The molecule has 0 spiro atoms. The van der Waals surface area contributed by atoms with Gasteiger partial charge in [-0.15, -0.1) is 0 Å². The predicted octanol–water partition coefficient (Wildman–Crippen LogP) is 4.23. The van der Waals surface area contributed by atoms with E-state index >= 15 is 4.39 Å². The Morgan fingerprint density at radius 3 is 2.33 bits per heavy atom. The Bertz CT molecular complexity index is 1250. The van der Waals surface area contributed by atoms with Crippen molar-refractivity contribution in [2.24, 2.45) is 0 Å². The number of halogens is 2. The molecule has 0 aliphatic rings. The number of carbonyl (C=O) groups is 1. The molecule has 30 heavy (non-hydrogen) atoms. The van der Waals surface area contributed by atoms with Crippen LogP contribution in [0.15, 0.2) is 54.6 Å². The van der Waals surface area contributed by atoms with Gasteiger partial charge in [-0.2, -0.15) is 0 Å². The molecule has 6 nitrogen and oxygen atoms in total. The minimum absolute atomic E-state index is 0.0825. The zero-order valence-corrected chi connectivity index (χ0v) is 15.8. The number of methoxy groups -OCH3 is 1. The zero-order chi connectivity index (χ0) is 21.4. The Morgan fingerprint density at radius 1 is 1.03 bits per heavy atom. The van der Waals surface area contributed by atoms with E-state index in [4.69, 9.17) is 4.74 Å². The van der Waals surface area contributed by atoms with E-state index in [0.29, 0.717) is 16.5 Å². The normalized spacial score (nSPS) is 11.0. The number of carbonyl (C=O) groups excluding carboxylic acids is 1. The first-order valence-corrected chi connectivity index (χ1v) is 8.93. The Kier molecular flexibility index (Phi) is 4.83. The molecule has 8 heteroatoms. The maximum Gasteiger partial charge on any atom is 0.356 e. The molecule has 0 fully saturated rings.